The van der Waals surface area contributed by atoms with E-state index in [1.165, 1.54) is 18.4 Å². The molecule has 2 bridgehead atoms. The summed E-state index contributed by atoms with van der Waals surface area (Å²) in [5, 5.41) is 4.43. The Labute approximate surface area is 175 Å². The van der Waals surface area contributed by atoms with Gasteiger partial charge in [0.2, 0.25) is 5.72 Å². The van der Waals surface area contributed by atoms with E-state index in [0.717, 1.165) is 12.1 Å². The number of fused-ring (bicyclic) bond motifs is 6. The van der Waals surface area contributed by atoms with Crippen molar-refractivity contribution < 1.29 is 14.3 Å². The Morgan fingerprint density at radius 1 is 1.37 bits per heavy atom. The first kappa shape index (κ1) is 18.8. The molecule has 0 unspecified atom stereocenters. The van der Waals surface area contributed by atoms with Crippen molar-refractivity contribution in [2.45, 2.75) is 32.2 Å². The molecule has 2 aliphatic heterocycles. The van der Waals surface area contributed by atoms with E-state index in [4.69, 9.17) is 14.5 Å². The van der Waals surface area contributed by atoms with E-state index in [1.807, 2.05) is 43.5 Å². The van der Waals surface area contributed by atoms with Crippen LogP contribution in [0.1, 0.15) is 31.1 Å². The Hall–Kier alpha value is -3.20. The zero-order valence-corrected chi connectivity index (χ0v) is 17.5. The average molecular weight is 424 g/mol. The molecule has 4 heterocycles. The van der Waals surface area contributed by atoms with Gasteiger partial charge < -0.3 is 9.47 Å². The molecule has 1 aromatic carbocycles. The number of esters is 1. The van der Waals surface area contributed by atoms with Crippen LogP contribution >= 0.6 is 11.3 Å². The normalized spacial score (nSPS) is 24.4. The molecule has 0 N–H and O–H groups in total. The fourth-order valence-corrected chi connectivity index (χ4v) is 5.28. The predicted molar refractivity (Wildman–Crippen MR) is 110 cm³/mol. The minimum Gasteiger partial charge on any atom is -0.469 e. The molecule has 30 heavy (non-hydrogen) atoms. The number of thiazole rings is 1. The van der Waals surface area contributed by atoms with Gasteiger partial charge in [-0.2, -0.15) is 5.10 Å². The van der Waals surface area contributed by atoms with E-state index in [2.05, 4.69) is 5.10 Å². The van der Waals surface area contributed by atoms with E-state index in [-0.39, 0.29) is 5.56 Å². The zero-order chi connectivity index (χ0) is 21.0. The fraction of sp³-hybridized carbons (Fsp3) is 0.333. The van der Waals surface area contributed by atoms with E-state index in [9.17, 15) is 9.59 Å². The van der Waals surface area contributed by atoms with E-state index < -0.39 is 23.7 Å². The molecule has 0 aliphatic carbocycles. The van der Waals surface area contributed by atoms with E-state index >= 15 is 0 Å². The Kier molecular flexibility index (Phi) is 4.18. The molecule has 0 amide bonds. The number of rotatable bonds is 3. The zero-order valence-electron chi connectivity index (χ0n) is 16.7. The number of benzene rings is 1. The van der Waals surface area contributed by atoms with Crippen molar-refractivity contribution >= 4 is 23.4 Å². The lowest BCUT2D eigenvalue weighted by Gasteiger charge is -2.44. The number of hydrogen-bond donors (Lipinski definition) is 0. The number of carbonyl (C=O) groups is 1. The first-order valence-electron chi connectivity index (χ1n) is 9.67. The molecule has 0 saturated heterocycles. The van der Waals surface area contributed by atoms with Crippen LogP contribution in [0.15, 0.2) is 46.3 Å². The Morgan fingerprint density at radius 2 is 2.17 bits per heavy atom. The second kappa shape index (κ2) is 6.66. The number of ether oxygens (including phenoxy) is 2. The lowest BCUT2D eigenvalue weighted by molar-refractivity contribution is -0.158. The summed E-state index contributed by atoms with van der Waals surface area (Å²) in [5.41, 5.74) is 0.0963. The molecule has 2 aromatic heterocycles. The molecule has 0 saturated carbocycles. The highest BCUT2D eigenvalue weighted by molar-refractivity contribution is 7.07. The van der Waals surface area contributed by atoms with Crippen LogP contribution in [-0.2, 0) is 16.1 Å². The van der Waals surface area contributed by atoms with E-state index in [1.54, 1.807) is 22.2 Å². The highest BCUT2D eigenvalue weighted by Gasteiger charge is 2.55. The van der Waals surface area contributed by atoms with Crippen molar-refractivity contribution in [3.8, 4) is 5.75 Å². The van der Waals surface area contributed by atoms with Crippen LogP contribution in [0.25, 0.3) is 6.08 Å². The van der Waals surface area contributed by atoms with Crippen LogP contribution in [0, 0.1) is 5.92 Å². The third-order valence-corrected chi connectivity index (χ3v) is 6.58. The van der Waals surface area contributed by atoms with Crippen molar-refractivity contribution in [1.82, 2.24) is 14.3 Å². The SMILES string of the molecule is CCn1ccc(/C=c2/sc3n(c2=O)[C@H]2c4ccccc4O[C@](C)(N=3)[C@H]2C(=O)OC)n1. The molecule has 0 fully saturated rings. The highest BCUT2D eigenvalue weighted by Crippen LogP contribution is 2.47. The Balaban J connectivity index is 1.77. The molecule has 0 radical (unpaired) electrons. The summed E-state index contributed by atoms with van der Waals surface area (Å²) in [6.45, 7) is 4.51. The van der Waals surface area contributed by atoms with Gasteiger partial charge >= 0.3 is 5.97 Å². The van der Waals surface area contributed by atoms with Crippen molar-refractivity contribution in [1.29, 1.82) is 0 Å². The minimum atomic E-state index is -1.16. The van der Waals surface area contributed by atoms with Crippen molar-refractivity contribution in [3.63, 3.8) is 0 Å². The maximum Gasteiger partial charge on any atom is 0.317 e. The fourth-order valence-electron chi connectivity index (χ4n) is 4.20. The maximum atomic E-state index is 13.4. The van der Waals surface area contributed by atoms with Gasteiger partial charge in [0.15, 0.2) is 4.80 Å². The molecule has 3 aromatic rings. The molecule has 154 valence electrons. The second-order valence-electron chi connectivity index (χ2n) is 7.42. The topological polar surface area (TPSA) is 87.7 Å². The third kappa shape index (κ3) is 2.65. The van der Waals surface area contributed by atoms with Gasteiger partial charge in [0.1, 0.15) is 11.7 Å². The quantitative estimate of drug-likeness (QED) is 0.587. The monoisotopic (exact) mass is 424 g/mol. The minimum absolute atomic E-state index is 0.206. The molecule has 8 nitrogen and oxygen atoms in total. The highest BCUT2D eigenvalue weighted by atomic mass is 32.1. The lowest BCUT2D eigenvalue weighted by atomic mass is 9.81. The number of aryl methyl sites for hydroxylation is 1. The predicted octanol–water partition coefficient (Wildman–Crippen LogP) is 1.08. The van der Waals surface area contributed by atoms with Gasteiger partial charge in [0.25, 0.3) is 5.56 Å². The molecule has 2 aliphatic rings. The van der Waals surface area contributed by atoms with Crippen molar-refractivity contribution in [2.75, 3.05) is 7.11 Å². The van der Waals surface area contributed by atoms with Crippen LogP contribution in [0.5, 0.6) is 5.75 Å². The summed E-state index contributed by atoms with van der Waals surface area (Å²) in [4.78, 5) is 31.4. The van der Waals surface area contributed by atoms with Gasteiger partial charge in [-0.3, -0.25) is 18.8 Å². The smallest absolute Gasteiger partial charge is 0.317 e. The van der Waals surface area contributed by atoms with Crippen LogP contribution in [0.2, 0.25) is 0 Å². The Bertz CT molecular complexity index is 1340. The van der Waals surface area contributed by atoms with Gasteiger partial charge in [0, 0.05) is 18.3 Å². The summed E-state index contributed by atoms with van der Waals surface area (Å²) >= 11 is 1.27. The summed E-state index contributed by atoms with van der Waals surface area (Å²) < 4.78 is 15.1. The molecular formula is C21H20N4O4S. The second-order valence-corrected chi connectivity index (χ2v) is 8.43. The Morgan fingerprint density at radius 3 is 2.90 bits per heavy atom. The van der Waals surface area contributed by atoms with Crippen LogP contribution < -0.4 is 19.6 Å². The number of methoxy groups -OCH3 is 1. The molecular weight excluding hydrogens is 404 g/mol. The average Bonchev–Trinajstić information content (AvgIpc) is 3.30. The first-order valence-corrected chi connectivity index (χ1v) is 10.5. The van der Waals surface area contributed by atoms with Crippen molar-refractivity contribution in [2.24, 2.45) is 10.9 Å². The number of hydrogen-bond acceptors (Lipinski definition) is 7. The van der Waals surface area contributed by atoms with Gasteiger partial charge in [-0.05, 0) is 32.1 Å². The molecule has 0 spiro atoms. The van der Waals surface area contributed by atoms with Crippen LogP contribution in [0.4, 0.5) is 0 Å². The van der Waals surface area contributed by atoms with Gasteiger partial charge in [-0.15, -0.1) is 0 Å². The van der Waals surface area contributed by atoms with Gasteiger partial charge in [-0.25, -0.2) is 4.99 Å². The van der Waals surface area contributed by atoms with Crippen molar-refractivity contribution in [3.05, 3.63) is 67.5 Å². The molecule has 9 heteroatoms. The largest absolute Gasteiger partial charge is 0.469 e. The molecule has 5 rings (SSSR count). The number of aromatic nitrogens is 3. The third-order valence-electron chi connectivity index (χ3n) is 5.60. The number of carbonyl (C=O) groups excluding carboxylic acids is 1. The maximum absolute atomic E-state index is 13.4. The van der Waals surface area contributed by atoms with Gasteiger partial charge in [-0.1, -0.05) is 29.5 Å². The van der Waals surface area contributed by atoms with Crippen LogP contribution in [-0.4, -0.2) is 33.2 Å². The number of nitrogens with zero attached hydrogens (tertiary/aromatic N) is 4. The summed E-state index contributed by atoms with van der Waals surface area (Å²) in [7, 11) is 1.34. The summed E-state index contributed by atoms with van der Waals surface area (Å²) in [6.07, 6.45) is 3.62. The number of para-hydroxylation sites is 1. The van der Waals surface area contributed by atoms with Crippen LogP contribution in [0.3, 0.4) is 0 Å². The summed E-state index contributed by atoms with van der Waals surface area (Å²) in [5.74, 6) is -0.619. The van der Waals surface area contributed by atoms with E-state index in [0.29, 0.717) is 20.8 Å². The lowest BCUT2D eigenvalue weighted by Crippen LogP contribution is -2.58. The standard InChI is InChI=1S/C21H20N4O4S/c1-4-24-10-9-12(23-24)11-15-18(26)25-17-13-7-5-6-8-14(13)29-21(2,22-20(25)30-15)16(17)19(27)28-3/h5-11,16-17H,4H2,1-3H3/b15-11+/t16-,17+,21+/m1/s1. The summed E-state index contributed by atoms with van der Waals surface area (Å²) in [6, 6.07) is 8.73. The van der Waals surface area contributed by atoms with Gasteiger partial charge in [0.05, 0.1) is 23.4 Å². The molecule has 3 atom stereocenters. The first-order chi connectivity index (χ1) is 14.4.